The van der Waals surface area contributed by atoms with Crippen molar-refractivity contribution in [2.45, 2.75) is 64.4 Å². The molecule has 0 aliphatic heterocycles. The summed E-state index contributed by atoms with van der Waals surface area (Å²) in [5.74, 6) is 0.388. The van der Waals surface area contributed by atoms with Crippen LogP contribution in [-0.4, -0.2) is 31.4 Å². The lowest BCUT2D eigenvalue weighted by Gasteiger charge is -2.32. The van der Waals surface area contributed by atoms with Gasteiger partial charge in [-0.25, -0.2) is 13.1 Å². The van der Waals surface area contributed by atoms with Crippen LogP contribution in [0.5, 0.6) is 0 Å². The summed E-state index contributed by atoms with van der Waals surface area (Å²) in [4.78, 5) is 0. The standard InChI is InChI=1S/C13H27NO3S/c1-3-12(4-2)10-18(16,17)14-11-13(15)8-6-5-7-9-13/h12,14-15H,3-11H2,1-2H3. The normalized spacial score (nSPS) is 20.2. The SMILES string of the molecule is CCC(CC)CS(=O)(=O)NCC1(O)CCCCC1. The molecule has 1 aliphatic carbocycles. The van der Waals surface area contributed by atoms with Gasteiger partial charge in [0.2, 0.25) is 10.0 Å². The third-order valence-corrected chi connectivity index (χ3v) is 5.51. The van der Waals surface area contributed by atoms with Crippen LogP contribution in [0, 0.1) is 5.92 Å². The van der Waals surface area contributed by atoms with Crippen molar-refractivity contribution >= 4 is 10.0 Å². The van der Waals surface area contributed by atoms with Crippen LogP contribution in [0.3, 0.4) is 0 Å². The second kappa shape index (κ2) is 6.87. The maximum absolute atomic E-state index is 11.9. The van der Waals surface area contributed by atoms with Gasteiger partial charge < -0.3 is 5.11 Å². The monoisotopic (exact) mass is 277 g/mol. The predicted molar refractivity (Wildman–Crippen MR) is 73.9 cm³/mol. The lowest BCUT2D eigenvalue weighted by molar-refractivity contribution is 0.00944. The minimum atomic E-state index is -3.25. The highest BCUT2D eigenvalue weighted by Crippen LogP contribution is 2.27. The Kier molecular flexibility index (Phi) is 6.08. The van der Waals surface area contributed by atoms with Crippen LogP contribution >= 0.6 is 0 Å². The zero-order valence-corrected chi connectivity index (χ0v) is 12.4. The van der Waals surface area contributed by atoms with Gasteiger partial charge in [0.1, 0.15) is 0 Å². The first-order valence-electron chi connectivity index (χ1n) is 7.10. The van der Waals surface area contributed by atoms with Crippen molar-refractivity contribution in [1.29, 1.82) is 0 Å². The maximum atomic E-state index is 11.9. The average Bonchev–Trinajstić information content (AvgIpc) is 2.35. The molecule has 5 heteroatoms. The van der Waals surface area contributed by atoms with Crippen LogP contribution in [0.15, 0.2) is 0 Å². The quantitative estimate of drug-likeness (QED) is 0.748. The molecule has 1 rings (SSSR count). The fourth-order valence-corrected chi connectivity index (χ4v) is 4.22. The van der Waals surface area contributed by atoms with E-state index in [0.717, 1.165) is 32.1 Å². The molecule has 1 saturated carbocycles. The fourth-order valence-electron chi connectivity index (χ4n) is 2.52. The zero-order chi connectivity index (χ0) is 13.6. The molecular weight excluding hydrogens is 250 g/mol. The van der Waals surface area contributed by atoms with E-state index in [1.54, 1.807) is 0 Å². The van der Waals surface area contributed by atoms with Gasteiger partial charge in [-0.2, -0.15) is 0 Å². The number of hydrogen-bond donors (Lipinski definition) is 2. The van der Waals surface area contributed by atoms with Crippen molar-refractivity contribution < 1.29 is 13.5 Å². The van der Waals surface area contributed by atoms with Crippen LogP contribution in [0.1, 0.15) is 58.8 Å². The molecule has 2 N–H and O–H groups in total. The Hall–Kier alpha value is -0.130. The number of sulfonamides is 1. The average molecular weight is 277 g/mol. The molecule has 0 amide bonds. The van der Waals surface area contributed by atoms with Crippen LogP contribution in [0.25, 0.3) is 0 Å². The molecule has 4 nitrogen and oxygen atoms in total. The second-order valence-corrected chi connectivity index (χ2v) is 7.42. The van der Waals surface area contributed by atoms with Gasteiger partial charge in [0.15, 0.2) is 0 Å². The molecule has 0 unspecified atom stereocenters. The van der Waals surface area contributed by atoms with E-state index in [1.165, 1.54) is 0 Å². The van der Waals surface area contributed by atoms with Gasteiger partial charge in [-0.05, 0) is 18.8 Å². The predicted octanol–water partition coefficient (Wildman–Crippen LogP) is 2.04. The molecule has 1 aliphatic rings. The van der Waals surface area contributed by atoms with E-state index in [9.17, 15) is 13.5 Å². The summed E-state index contributed by atoms with van der Waals surface area (Å²) in [5, 5.41) is 10.3. The molecule has 108 valence electrons. The fraction of sp³-hybridized carbons (Fsp3) is 1.00. The summed E-state index contributed by atoms with van der Waals surface area (Å²) in [7, 11) is -3.25. The third kappa shape index (κ3) is 5.24. The Morgan fingerprint density at radius 2 is 1.72 bits per heavy atom. The van der Waals surface area contributed by atoms with Crippen molar-refractivity contribution in [1.82, 2.24) is 4.72 Å². The van der Waals surface area contributed by atoms with Crippen LogP contribution < -0.4 is 4.72 Å². The summed E-state index contributed by atoms with van der Waals surface area (Å²) in [6, 6.07) is 0. The van der Waals surface area contributed by atoms with E-state index in [4.69, 9.17) is 0 Å². The van der Waals surface area contributed by atoms with Crippen molar-refractivity contribution in [2.24, 2.45) is 5.92 Å². The molecule has 0 atom stereocenters. The first kappa shape index (κ1) is 15.9. The molecule has 0 heterocycles. The van der Waals surface area contributed by atoms with Crippen LogP contribution in [0.2, 0.25) is 0 Å². The Balaban J connectivity index is 2.45. The molecule has 1 fully saturated rings. The number of rotatable bonds is 7. The molecule has 18 heavy (non-hydrogen) atoms. The molecular formula is C13H27NO3S. The van der Waals surface area contributed by atoms with E-state index in [0.29, 0.717) is 12.8 Å². The Morgan fingerprint density at radius 1 is 1.17 bits per heavy atom. The summed E-state index contributed by atoms with van der Waals surface area (Å²) in [6.45, 7) is 4.20. The maximum Gasteiger partial charge on any atom is 0.211 e. The van der Waals surface area contributed by atoms with E-state index >= 15 is 0 Å². The number of aliphatic hydroxyl groups is 1. The van der Waals surface area contributed by atoms with Gasteiger partial charge in [0, 0.05) is 6.54 Å². The van der Waals surface area contributed by atoms with Crippen molar-refractivity contribution in [3.63, 3.8) is 0 Å². The molecule has 0 bridgehead atoms. The smallest absolute Gasteiger partial charge is 0.211 e. The topological polar surface area (TPSA) is 66.4 Å². The first-order valence-corrected chi connectivity index (χ1v) is 8.76. The van der Waals surface area contributed by atoms with Crippen LogP contribution in [-0.2, 0) is 10.0 Å². The summed E-state index contributed by atoms with van der Waals surface area (Å²) in [5.41, 5.74) is -0.820. The van der Waals surface area contributed by atoms with Gasteiger partial charge in [-0.1, -0.05) is 46.0 Å². The highest BCUT2D eigenvalue weighted by atomic mass is 32.2. The lowest BCUT2D eigenvalue weighted by atomic mass is 9.85. The van der Waals surface area contributed by atoms with Gasteiger partial charge in [0.25, 0.3) is 0 Å². The molecule has 0 spiro atoms. The van der Waals surface area contributed by atoms with Gasteiger partial charge in [-0.3, -0.25) is 0 Å². The molecule has 0 aromatic rings. The summed E-state index contributed by atoms with van der Waals surface area (Å²) >= 11 is 0. The van der Waals surface area contributed by atoms with Gasteiger partial charge >= 0.3 is 0 Å². The largest absolute Gasteiger partial charge is 0.389 e. The van der Waals surface area contributed by atoms with E-state index in [-0.39, 0.29) is 18.2 Å². The first-order chi connectivity index (χ1) is 8.41. The lowest BCUT2D eigenvalue weighted by Crippen LogP contribution is -2.45. The summed E-state index contributed by atoms with van der Waals surface area (Å²) in [6.07, 6.45) is 6.29. The highest BCUT2D eigenvalue weighted by molar-refractivity contribution is 7.89. The highest BCUT2D eigenvalue weighted by Gasteiger charge is 2.30. The Bertz CT molecular complexity index is 330. The minimum absolute atomic E-state index is 0.176. The van der Waals surface area contributed by atoms with Crippen molar-refractivity contribution in [2.75, 3.05) is 12.3 Å². The third-order valence-electron chi connectivity index (χ3n) is 4.02. The number of nitrogens with one attached hydrogen (secondary N) is 1. The molecule has 0 saturated heterocycles. The van der Waals surface area contributed by atoms with E-state index in [2.05, 4.69) is 4.72 Å². The summed E-state index contributed by atoms with van der Waals surface area (Å²) < 4.78 is 26.4. The molecule has 0 aromatic carbocycles. The Labute approximate surface area is 111 Å². The Morgan fingerprint density at radius 3 is 2.22 bits per heavy atom. The van der Waals surface area contributed by atoms with Crippen molar-refractivity contribution in [3.8, 4) is 0 Å². The minimum Gasteiger partial charge on any atom is -0.389 e. The van der Waals surface area contributed by atoms with E-state index in [1.807, 2.05) is 13.8 Å². The number of hydrogen-bond acceptors (Lipinski definition) is 3. The zero-order valence-electron chi connectivity index (χ0n) is 11.6. The van der Waals surface area contributed by atoms with Gasteiger partial charge in [-0.15, -0.1) is 0 Å². The second-order valence-electron chi connectivity index (χ2n) is 5.57. The molecule has 0 radical (unpaired) electrons. The van der Waals surface area contributed by atoms with Gasteiger partial charge in [0.05, 0.1) is 11.4 Å². The van der Waals surface area contributed by atoms with E-state index < -0.39 is 15.6 Å². The van der Waals surface area contributed by atoms with Crippen LogP contribution in [0.4, 0.5) is 0 Å². The molecule has 0 aromatic heterocycles. The van der Waals surface area contributed by atoms with Crippen molar-refractivity contribution in [3.05, 3.63) is 0 Å².